The van der Waals surface area contributed by atoms with Gasteiger partial charge in [0.25, 0.3) is 0 Å². The smallest absolute Gasteiger partial charge is 0.237 e. The molecule has 0 radical (unpaired) electrons. The highest BCUT2D eigenvalue weighted by molar-refractivity contribution is 5.85. The number of carbonyl (C=O) groups is 2. The van der Waals surface area contributed by atoms with E-state index in [1.54, 1.807) is 14.0 Å². The van der Waals surface area contributed by atoms with Crippen LogP contribution in [0, 0.1) is 0 Å². The van der Waals surface area contributed by atoms with Crippen molar-refractivity contribution >= 4 is 11.8 Å². The molecule has 1 heterocycles. The van der Waals surface area contributed by atoms with Gasteiger partial charge in [-0.25, -0.2) is 0 Å². The summed E-state index contributed by atoms with van der Waals surface area (Å²) in [4.78, 5) is 22.5. The van der Waals surface area contributed by atoms with Crippen LogP contribution >= 0.6 is 0 Å². The van der Waals surface area contributed by atoms with Gasteiger partial charge in [-0.1, -0.05) is 0 Å². The van der Waals surface area contributed by atoms with Crippen LogP contribution in [0.25, 0.3) is 0 Å². The van der Waals surface area contributed by atoms with Gasteiger partial charge in [-0.05, 0) is 19.8 Å². The molecule has 5 heteroatoms. The van der Waals surface area contributed by atoms with E-state index >= 15 is 0 Å². The van der Waals surface area contributed by atoms with Gasteiger partial charge in [0, 0.05) is 13.6 Å². The van der Waals surface area contributed by atoms with E-state index < -0.39 is 0 Å². The standard InChI is InChI=1S/C9H17N3O2/c1-6(8(13)10-2)12-7-4-3-5-11-9(7)14/h6-7,12H,3-5H2,1-2H3,(H,10,13)(H,11,14). The predicted molar refractivity (Wildman–Crippen MR) is 52.7 cm³/mol. The van der Waals surface area contributed by atoms with E-state index in [0.29, 0.717) is 0 Å². The number of nitrogens with one attached hydrogen (secondary N) is 3. The fraction of sp³-hybridized carbons (Fsp3) is 0.778. The maximum Gasteiger partial charge on any atom is 0.237 e. The van der Waals surface area contributed by atoms with Gasteiger partial charge in [-0.3, -0.25) is 14.9 Å². The second kappa shape index (κ2) is 4.95. The predicted octanol–water partition coefficient (Wildman–Crippen LogP) is -1.01. The van der Waals surface area contributed by atoms with Gasteiger partial charge in [0.1, 0.15) is 0 Å². The van der Waals surface area contributed by atoms with Crippen LogP contribution in [0.5, 0.6) is 0 Å². The first-order valence-electron chi connectivity index (χ1n) is 4.90. The molecule has 5 nitrogen and oxygen atoms in total. The SMILES string of the molecule is CNC(=O)C(C)NC1CCCNC1=O. The van der Waals surface area contributed by atoms with Crippen molar-refractivity contribution in [2.45, 2.75) is 31.8 Å². The van der Waals surface area contributed by atoms with Crippen molar-refractivity contribution in [1.82, 2.24) is 16.0 Å². The van der Waals surface area contributed by atoms with Gasteiger partial charge in [0.05, 0.1) is 12.1 Å². The molecule has 0 saturated carbocycles. The summed E-state index contributed by atoms with van der Waals surface area (Å²) in [6, 6.07) is -0.551. The summed E-state index contributed by atoms with van der Waals surface area (Å²) >= 11 is 0. The Morgan fingerprint density at radius 3 is 2.93 bits per heavy atom. The Bertz CT molecular complexity index is 230. The fourth-order valence-electron chi connectivity index (χ4n) is 1.53. The van der Waals surface area contributed by atoms with Crippen molar-refractivity contribution in [1.29, 1.82) is 0 Å². The molecule has 1 fully saturated rings. The minimum Gasteiger partial charge on any atom is -0.358 e. The highest BCUT2D eigenvalue weighted by Gasteiger charge is 2.24. The van der Waals surface area contributed by atoms with Crippen molar-refractivity contribution in [3.05, 3.63) is 0 Å². The molecule has 2 atom stereocenters. The van der Waals surface area contributed by atoms with Gasteiger partial charge in [0.2, 0.25) is 11.8 Å². The van der Waals surface area contributed by atoms with Crippen LogP contribution in [0.1, 0.15) is 19.8 Å². The van der Waals surface area contributed by atoms with Crippen LogP contribution in [0.2, 0.25) is 0 Å². The summed E-state index contributed by atoms with van der Waals surface area (Å²) < 4.78 is 0. The van der Waals surface area contributed by atoms with Gasteiger partial charge in [-0.15, -0.1) is 0 Å². The molecule has 1 aliphatic heterocycles. The lowest BCUT2D eigenvalue weighted by atomic mass is 10.1. The second-order valence-electron chi connectivity index (χ2n) is 3.49. The molecular weight excluding hydrogens is 182 g/mol. The lowest BCUT2D eigenvalue weighted by molar-refractivity contribution is -0.126. The average Bonchev–Trinajstić information content (AvgIpc) is 2.20. The number of amides is 2. The molecule has 14 heavy (non-hydrogen) atoms. The third-order valence-electron chi connectivity index (χ3n) is 2.38. The van der Waals surface area contributed by atoms with Gasteiger partial charge in [-0.2, -0.15) is 0 Å². The van der Waals surface area contributed by atoms with Crippen molar-refractivity contribution < 1.29 is 9.59 Å². The Kier molecular flexibility index (Phi) is 3.88. The van der Waals surface area contributed by atoms with Crippen molar-refractivity contribution in [2.24, 2.45) is 0 Å². The third-order valence-corrected chi connectivity index (χ3v) is 2.38. The van der Waals surface area contributed by atoms with Gasteiger partial charge < -0.3 is 10.6 Å². The first-order valence-corrected chi connectivity index (χ1v) is 4.90. The molecular formula is C9H17N3O2. The average molecular weight is 199 g/mol. The normalized spacial score (nSPS) is 23.9. The summed E-state index contributed by atoms with van der Waals surface area (Å²) in [6.07, 6.45) is 1.76. The molecule has 2 amide bonds. The lowest BCUT2D eigenvalue weighted by Gasteiger charge is -2.25. The van der Waals surface area contributed by atoms with E-state index in [9.17, 15) is 9.59 Å². The molecule has 80 valence electrons. The number of piperidine rings is 1. The monoisotopic (exact) mass is 199 g/mol. The zero-order chi connectivity index (χ0) is 10.6. The molecule has 0 aromatic carbocycles. The first kappa shape index (κ1) is 11.0. The number of carbonyl (C=O) groups excluding carboxylic acids is 2. The Balaban J connectivity index is 2.42. The molecule has 2 unspecified atom stereocenters. The van der Waals surface area contributed by atoms with E-state index in [1.807, 2.05) is 0 Å². The lowest BCUT2D eigenvalue weighted by Crippen LogP contribution is -2.54. The zero-order valence-electron chi connectivity index (χ0n) is 8.59. The van der Waals surface area contributed by atoms with Crippen LogP contribution in [0.15, 0.2) is 0 Å². The van der Waals surface area contributed by atoms with E-state index in [2.05, 4.69) is 16.0 Å². The Morgan fingerprint density at radius 1 is 1.64 bits per heavy atom. The van der Waals surface area contributed by atoms with Crippen molar-refractivity contribution in [3.63, 3.8) is 0 Å². The quantitative estimate of drug-likeness (QED) is 0.545. The number of hydrogen-bond donors (Lipinski definition) is 3. The third kappa shape index (κ3) is 2.70. The number of rotatable bonds is 3. The molecule has 1 rings (SSSR count). The molecule has 0 spiro atoms. The van der Waals surface area contributed by atoms with E-state index in [-0.39, 0.29) is 23.9 Å². The highest BCUT2D eigenvalue weighted by atomic mass is 16.2. The molecule has 3 N–H and O–H groups in total. The summed E-state index contributed by atoms with van der Waals surface area (Å²) in [5.74, 6) is -0.102. The van der Waals surface area contributed by atoms with Crippen molar-refractivity contribution in [2.75, 3.05) is 13.6 Å². The topological polar surface area (TPSA) is 70.2 Å². The van der Waals surface area contributed by atoms with Crippen molar-refractivity contribution in [3.8, 4) is 0 Å². The number of hydrogen-bond acceptors (Lipinski definition) is 3. The molecule has 1 saturated heterocycles. The van der Waals surface area contributed by atoms with Crippen LogP contribution in [0.3, 0.4) is 0 Å². The van der Waals surface area contributed by atoms with Gasteiger partial charge >= 0.3 is 0 Å². The maximum absolute atomic E-state index is 11.3. The highest BCUT2D eigenvalue weighted by Crippen LogP contribution is 2.03. The van der Waals surface area contributed by atoms with Crippen LogP contribution in [-0.4, -0.2) is 37.5 Å². The summed E-state index contributed by atoms with van der Waals surface area (Å²) in [5, 5.41) is 8.29. The number of likely N-dealkylation sites (N-methyl/N-ethyl adjacent to an activating group) is 1. The maximum atomic E-state index is 11.3. The summed E-state index contributed by atoms with van der Waals surface area (Å²) in [7, 11) is 1.58. The van der Waals surface area contributed by atoms with E-state index in [4.69, 9.17) is 0 Å². The minimum atomic E-state index is -0.325. The molecule has 0 aliphatic carbocycles. The Labute approximate surface area is 83.6 Å². The molecule has 1 aliphatic rings. The second-order valence-corrected chi connectivity index (χ2v) is 3.49. The Morgan fingerprint density at radius 2 is 2.36 bits per heavy atom. The molecule has 0 aromatic rings. The van der Waals surface area contributed by atoms with Crippen LogP contribution < -0.4 is 16.0 Å². The molecule has 0 aromatic heterocycles. The molecule has 0 bridgehead atoms. The van der Waals surface area contributed by atoms with E-state index in [0.717, 1.165) is 19.4 Å². The van der Waals surface area contributed by atoms with Gasteiger partial charge in [0.15, 0.2) is 0 Å². The minimum absolute atomic E-state index is 0.00740. The fourth-order valence-corrected chi connectivity index (χ4v) is 1.53. The van der Waals surface area contributed by atoms with Crippen LogP contribution in [-0.2, 0) is 9.59 Å². The Hall–Kier alpha value is -1.10. The zero-order valence-corrected chi connectivity index (χ0v) is 8.59. The van der Waals surface area contributed by atoms with Crippen LogP contribution in [0.4, 0.5) is 0 Å². The van der Waals surface area contributed by atoms with E-state index in [1.165, 1.54) is 0 Å². The largest absolute Gasteiger partial charge is 0.358 e. The summed E-state index contributed by atoms with van der Waals surface area (Å²) in [6.45, 7) is 2.49. The summed E-state index contributed by atoms with van der Waals surface area (Å²) in [5.41, 5.74) is 0. The first-order chi connectivity index (χ1) is 6.65.